The highest BCUT2D eigenvalue weighted by atomic mass is 32.1. The average molecular weight is 386 g/mol. The summed E-state index contributed by atoms with van der Waals surface area (Å²) < 4.78 is 5.40. The molecule has 3 aromatic rings. The Labute approximate surface area is 159 Å². The number of rotatable bonds is 7. The number of nitrogens with two attached hydrogens (primary N) is 1. The second kappa shape index (κ2) is 7.50. The zero-order chi connectivity index (χ0) is 19.6. The second-order valence-corrected chi connectivity index (χ2v) is 6.35. The standard InChI is InChI=1S/C18H18N4O4S/c1-10(20-12-4-7-14-15(8-12)26-18(27)21-14)22(9-16(23)24)13-5-2-11(3-6-13)17(19)25/h2-8,10,20H,9H2,1H3,(H2,19,25)(H,21,27)(H,23,24). The molecule has 9 heteroatoms. The number of aliphatic carboxylic acids is 1. The van der Waals surface area contributed by atoms with E-state index in [1.165, 1.54) is 0 Å². The van der Waals surface area contributed by atoms with Gasteiger partial charge in [-0.25, -0.2) is 0 Å². The van der Waals surface area contributed by atoms with Crippen molar-refractivity contribution in [2.45, 2.75) is 13.1 Å². The van der Waals surface area contributed by atoms with E-state index in [1.807, 2.05) is 19.1 Å². The van der Waals surface area contributed by atoms with Crippen LogP contribution < -0.4 is 16.0 Å². The predicted molar refractivity (Wildman–Crippen MR) is 104 cm³/mol. The van der Waals surface area contributed by atoms with Gasteiger partial charge in [-0.2, -0.15) is 0 Å². The van der Waals surface area contributed by atoms with Crippen LogP contribution in [-0.4, -0.2) is 34.7 Å². The van der Waals surface area contributed by atoms with Gasteiger partial charge in [0.2, 0.25) is 5.91 Å². The van der Waals surface area contributed by atoms with E-state index in [0.29, 0.717) is 16.8 Å². The minimum atomic E-state index is -0.977. The molecule has 0 saturated heterocycles. The molecular formula is C18H18N4O4S. The van der Waals surface area contributed by atoms with Crippen molar-refractivity contribution in [2.24, 2.45) is 5.73 Å². The summed E-state index contributed by atoms with van der Waals surface area (Å²) in [6, 6.07) is 11.9. The van der Waals surface area contributed by atoms with E-state index in [9.17, 15) is 14.7 Å². The zero-order valence-corrected chi connectivity index (χ0v) is 15.2. The van der Waals surface area contributed by atoms with E-state index in [-0.39, 0.29) is 17.5 Å². The van der Waals surface area contributed by atoms with Crippen LogP contribution in [0.5, 0.6) is 0 Å². The molecule has 1 heterocycles. The molecule has 3 rings (SSSR count). The molecule has 0 aliphatic heterocycles. The fraction of sp³-hybridized carbons (Fsp3) is 0.167. The first-order valence-corrected chi connectivity index (χ1v) is 8.52. The Bertz CT molecular complexity index is 1040. The van der Waals surface area contributed by atoms with Crippen molar-refractivity contribution in [1.29, 1.82) is 0 Å². The monoisotopic (exact) mass is 386 g/mol. The molecule has 0 saturated carbocycles. The third-order valence-corrected chi connectivity index (χ3v) is 4.24. The summed E-state index contributed by atoms with van der Waals surface area (Å²) >= 11 is 4.98. The van der Waals surface area contributed by atoms with Gasteiger partial charge in [-0.05, 0) is 55.5 Å². The number of carbonyl (C=O) groups is 2. The third kappa shape index (κ3) is 4.26. The lowest BCUT2D eigenvalue weighted by atomic mass is 10.1. The molecule has 1 aromatic heterocycles. The van der Waals surface area contributed by atoms with Crippen LogP contribution >= 0.6 is 12.2 Å². The van der Waals surface area contributed by atoms with Gasteiger partial charge in [-0.1, -0.05) is 0 Å². The van der Waals surface area contributed by atoms with Gasteiger partial charge in [0.25, 0.3) is 4.84 Å². The van der Waals surface area contributed by atoms with E-state index in [4.69, 9.17) is 22.4 Å². The lowest BCUT2D eigenvalue weighted by Crippen LogP contribution is -2.42. The fourth-order valence-electron chi connectivity index (χ4n) is 2.77. The van der Waals surface area contributed by atoms with Gasteiger partial charge >= 0.3 is 5.97 Å². The molecule has 1 atom stereocenters. The number of carboxylic acid groups (broad SMARTS) is 1. The molecule has 8 nitrogen and oxygen atoms in total. The van der Waals surface area contributed by atoms with Crippen LogP contribution in [0.4, 0.5) is 11.4 Å². The molecule has 0 fully saturated rings. The van der Waals surface area contributed by atoms with Gasteiger partial charge in [0.1, 0.15) is 6.54 Å². The topological polar surface area (TPSA) is 125 Å². The summed E-state index contributed by atoms with van der Waals surface area (Å²) in [7, 11) is 0. The maximum absolute atomic E-state index is 11.3. The van der Waals surface area contributed by atoms with Crippen molar-refractivity contribution in [3.05, 3.63) is 52.9 Å². The number of fused-ring (bicyclic) bond motifs is 1. The summed E-state index contributed by atoms with van der Waals surface area (Å²) in [6.45, 7) is 1.61. The molecule has 27 heavy (non-hydrogen) atoms. The first kappa shape index (κ1) is 18.5. The number of nitrogens with zero attached hydrogens (tertiary/aromatic N) is 1. The molecule has 0 aliphatic carbocycles. The number of hydrogen-bond acceptors (Lipinski definition) is 6. The van der Waals surface area contributed by atoms with Crippen molar-refractivity contribution in [3.8, 4) is 0 Å². The Balaban J connectivity index is 1.85. The second-order valence-electron chi connectivity index (χ2n) is 5.98. The van der Waals surface area contributed by atoms with Gasteiger partial charge in [0, 0.05) is 23.0 Å². The number of aromatic amines is 1. The SMILES string of the molecule is CC(Nc1ccc2[nH]c(=S)oc2c1)N(CC(=O)O)c1ccc(C(N)=O)cc1. The molecule has 2 aromatic carbocycles. The molecular weight excluding hydrogens is 368 g/mol. The summed E-state index contributed by atoms with van der Waals surface area (Å²) in [4.78, 5) is 27.4. The molecule has 140 valence electrons. The van der Waals surface area contributed by atoms with Crippen LogP contribution in [0.2, 0.25) is 0 Å². The maximum Gasteiger partial charge on any atom is 0.323 e. The van der Waals surface area contributed by atoms with Crippen LogP contribution in [0, 0.1) is 4.84 Å². The van der Waals surface area contributed by atoms with Crippen LogP contribution in [0.3, 0.4) is 0 Å². The van der Waals surface area contributed by atoms with E-state index in [0.717, 1.165) is 11.2 Å². The fourth-order valence-corrected chi connectivity index (χ4v) is 2.97. The molecule has 1 unspecified atom stereocenters. The number of amides is 1. The smallest absolute Gasteiger partial charge is 0.323 e. The normalized spacial score (nSPS) is 11.9. The van der Waals surface area contributed by atoms with Gasteiger partial charge < -0.3 is 30.5 Å². The van der Waals surface area contributed by atoms with Crippen LogP contribution in [0.25, 0.3) is 11.1 Å². The number of carbonyl (C=O) groups excluding carboxylic acids is 1. The van der Waals surface area contributed by atoms with Gasteiger partial charge in [0.15, 0.2) is 5.58 Å². The van der Waals surface area contributed by atoms with Crippen molar-refractivity contribution in [2.75, 3.05) is 16.8 Å². The Morgan fingerprint density at radius 2 is 2.00 bits per heavy atom. The lowest BCUT2D eigenvalue weighted by Gasteiger charge is -2.31. The van der Waals surface area contributed by atoms with Crippen molar-refractivity contribution in [1.82, 2.24) is 4.98 Å². The van der Waals surface area contributed by atoms with Crippen LogP contribution in [0.1, 0.15) is 17.3 Å². The van der Waals surface area contributed by atoms with Crippen LogP contribution in [-0.2, 0) is 4.79 Å². The first-order valence-electron chi connectivity index (χ1n) is 8.11. The maximum atomic E-state index is 11.3. The predicted octanol–water partition coefficient (Wildman–Crippen LogP) is 2.94. The number of oxazole rings is 1. The number of benzene rings is 2. The minimum Gasteiger partial charge on any atom is -0.480 e. The molecule has 5 N–H and O–H groups in total. The molecule has 1 amide bonds. The first-order chi connectivity index (χ1) is 12.8. The van der Waals surface area contributed by atoms with Gasteiger partial charge in [0.05, 0.1) is 11.7 Å². The number of primary amides is 1. The summed E-state index contributed by atoms with van der Waals surface area (Å²) in [5.74, 6) is -1.52. The Morgan fingerprint density at radius 3 is 2.63 bits per heavy atom. The number of nitrogens with one attached hydrogen (secondary N) is 2. The van der Waals surface area contributed by atoms with Crippen molar-refractivity contribution >= 4 is 46.6 Å². The highest BCUT2D eigenvalue weighted by Gasteiger charge is 2.18. The zero-order valence-electron chi connectivity index (χ0n) is 14.4. The number of anilines is 2. The number of H-pyrrole nitrogens is 1. The molecule has 0 spiro atoms. The van der Waals surface area contributed by atoms with E-state index in [1.54, 1.807) is 35.2 Å². The van der Waals surface area contributed by atoms with E-state index < -0.39 is 11.9 Å². The van der Waals surface area contributed by atoms with Crippen molar-refractivity contribution < 1.29 is 19.1 Å². The molecule has 0 bridgehead atoms. The van der Waals surface area contributed by atoms with E-state index >= 15 is 0 Å². The summed E-state index contributed by atoms with van der Waals surface area (Å²) in [6.07, 6.45) is -0.361. The lowest BCUT2D eigenvalue weighted by molar-refractivity contribution is -0.135. The number of carboxylic acids is 1. The highest BCUT2D eigenvalue weighted by molar-refractivity contribution is 7.71. The Kier molecular flexibility index (Phi) is 5.13. The Hall–Kier alpha value is -3.33. The molecule has 0 aliphatic rings. The van der Waals surface area contributed by atoms with Crippen molar-refractivity contribution in [3.63, 3.8) is 0 Å². The quantitative estimate of drug-likeness (QED) is 0.363. The average Bonchev–Trinajstić information content (AvgIpc) is 2.98. The molecule has 0 radical (unpaired) electrons. The summed E-state index contributed by atoms with van der Waals surface area (Å²) in [5, 5.41) is 12.5. The van der Waals surface area contributed by atoms with Crippen LogP contribution in [0.15, 0.2) is 46.9 Å². The van der Waals surface area contributed by atoms with Gasteiger partial charge in [-0.15, -0.1) is 0 Å². The Morgan fingerprint density at radius 1 is 1.30 bits per heavy atom. The highest BCUT2D eigenvalue weighted by Crippen LogP contribution is 2.22. The summed E-state index contributed by atoms with van der Waals surface area (Å²) in [5.41, 5.74) is 8.38. The number of hydrogen-bond donors (Lipinski definition) is 4. The third-order valence-electron chi connectivity index (χ3n) is 4.05. The van der Waals surface area contributed by atoms with Gasteiger partial charge in [-0.3, -0.25) is 9.59 Å². The van der Waals surface area contributed by atoms with E-state index in [2.05, 4.69) is 10.3 Å². The number of aromatic nitrogens is 1. The largest absolute Gasteiger partial charge is 0.480 e. The minimum absolute atomic E-state index is 0.225.